The van der Waals surface area contributed by atoms with Crippen molar-refractivity contribution in [1.29, 1.82) is 0 Å². The van der Waals surface area contributed by atoms with Crippen molar-refractivity contribution in [1.82, 2.24) is 9.62 Å². The first-order valence-electron chi connectivity index (χ1n) is 9.61. The Morgan fingerprint density at radius 2 is 1.55 bits per heavy atom. The predicted molar refractivity (Wildman–Crippen MR) is 123 cm³/mol. The van der Waals surface area contributed by atoms with Gasteiger partial charge >= 0.3 is 0 Å². The van der Waals surface area contributed by atoms with Crippen molar-refractivity contribution in [2.75, 3.05) is 6.54 Å². The van der Waals surface area contributed by atoms with Crippen LogP contribution < -0.4 is 5.32 Å². The van der Waals surface area contributed by atoms with E-state index < -0.39 is 15.9 Å². The molecular formula is C23H22Cl2N2O3S. The number of hydrogen-bond donors (Lipinski definition) is 1. The summed E-state index contributed by atoms with van der Waals surface area (Å²) < 4.78 is 27.8. The Morgan fingerprint density at radius 3 is 2.16 bits per heavy atom. The Labute approximate surface area is 192 Å². The first kappa shape index (κ1) is 23.3. The Morgan fingerprint density at radius 1 is 0.935 bits per heavy atom. The molecule has 0 aromatic heterocycles. The van der Waals surface area contributed by atoms with Gasteiger partial charge in [-0.3, -0.25) is 4.79 Å². The molecule has 0 aliphatic heterocycles. The zero-order valence-corrected chi connectivity index (χ0v) is 19.2. The first-order valence-corrected chi connectivity index (χ1v) is 11.8. The maximum absolute atomic E-state index is 13.3. The maximum atomic E-state index is 13.3. The van der Waals surface area contributed by atoms with E-state index in [4.69, 9.17) is 23.2 Å². The van der Waals surface area contributed by atoms with Crippen LogP contribution in [0, 0.1) is 0 Å². The van der Waals surface area contributed by atoms with Crippen LogP contribution in [0.3, 0.4) is 0 Å². The van der Waals surface area contributed by atoms with Gasteiger partial charge in [-0.05, 0) is 36.2 Å². The highest BCUT2D eigenvalue weighted by atomic mass is 35.5. The van der Waals surface area contributed by atoms with E-state index in [-0.39, 0.29) is 34.1 Å². The lowest BCUT2D eigenvalue weighted by atomic mass is 10.1. The highest BCUT2D eigenvalue weighted by Gasteiger charge is 2.28. The van der Waals surface area contributed by atoms with Crippen LogP contribution in [-0.2, 0) is 21.4 Å². The summed E-state index contributed by atoms with van der Waals surface area (Å²) in [5.41, 5.74) is 1.69. The Hall–Kier alpha value is -2.38. The standard InChI is InChI=1S/C23H22Cl2N2O3S/c1-17(19-10-6-3-7-11-19)26-23(28)16-27(15-18-8-4-2-5-9-18)31(29,30)20-12-13-21(24)22(25)14-20/h2-14,17H,15-16H2,1H3,(H,26,28)/t17-/m0/s1. The van der Waals surface area contributed by atoms with Gasteiger partial charge in [0.15, 0.2) is 0 Å². The van der Waals surface area contributed by atoms with Gasteiger partial charge in [-0.2, -0.15) is 4.31 Å². The fourth-order valence-corrected chi connectivity index (χ4v) is 4.85. The number of halogens is 2. The molecule has 0 saturated carbocycles. The molecule has 8 heteroatoms. The normalized spacial score (nSPS) is 12.5. The average Bonchev–Trinajstić information content (AvgIpc) is 2.76. The molecular weight excluding hydrogens is 455 g/mol. The zero-order valence-electron chi connectivity index (χ0n) is 16.8. The van der Waals surface area contributed by atoms with Crippen molar-refractivity contribution >= 4 is 39.1 Å². The van der Waals surface area contributed by atoms with Gasteiger partial charge in [0, 0.05) is 6.54 Å². The van der Waals surface area contributed by atoms with Crippen LogP contribution in [0.5, 0.6) is 0 Å². The number of nitrogens with one attached hydrogen (secondary N) is 1. The number of hydrogen-bond acceptors (Lipinski definition) is 3. The molecule has 1 atom stereocenters. The quantitative estimate of drug-likeness (QED) is 0.493. The molecule has 0 unspecified atom stereocenters. The Kier molecular flexibility index (Phi) is 7.73. The SMILES string of the molecule is C[C@H](NC(=O)CN(Cc1ccccc1)S(=O)(=O)c1ccc(Cl)c(Cl)c1)c1ccccc1. The van der Waals surface area contributed by atoms with E-state index in [0.717, 1.165) is 15.4 Å². The second kappa shape index (κ2) is 10.3. The topological polar surface area (TPSA) is 66.5 Å². The second-order valence-corrected chi connectivity index (χ2v) is 9.79. The minimum absolute atomic E-state index is 0.0262. The highest BCUT2D eigenvalue weighted by Crippen LogP contribution is 2.27. The maximum Gasteiger partial charge on any atom is 0.243 e. The summed E-state index contributed by atoms with van der Waals surface area (Å²) in [6, 6.07) is 22.4. The van der Waals surface area contributed by atoms with E-state index >= 15 is 0 Å². The lowest BCUT2D eigenvalue weighted by Crippen LogP contribution is -2.41. The molecule has 162 valence electrons. The van der Waals surface area contributed by atoms with Crippen LogP contribution in [0.1, 0.15) is 24.1 Å². The molecule has 0 fully saturated rings. The predicted octanol–water partition coefficient (Wildman–Crippen LogP) is 5.06. The second-order valence-electron chi connectivity index (χ2n) is 7.03. The van der Waals surface area contributed by atoms with E-state index in [1.807, 2.05) is 67.6 Å². The molecule has 0 aliphatic rings. The van der Waals surface area contributed by atoms with E-state index in [9.17, 15) is 13.2 Å². The third-order valence-corrected chi connectivity index (χ3v) is 7.25. The summed E-state index contributed by atoms with van der Waals surface area (Å²) in [7, 11) is -4.00. The number of carbonyl (C=O) groups excluding carboxylic acids is 1. The number of carbonyl (C=O) groups is 1. The van der Waals surface area contributed by atoms with Gasteiger partial charge in [0.1, 0.15) is 0 Å². The summed E-state index contributed by atoms with van der Waals surface area (Å²) in [6.07, 6.45) is 0. The molecule has 1 amide bonds. The third-order valence-electron chi connectivity index (χ3n) is 4.73. The van der Waals surface area contributed by atoms with Crippen molar-refractivity contribution in [3.8, 4) is 0 Å². The van der Waals surface area contributed by atoms with Gasteiger partial charge in [-0.15, -0.1) is 0 Å². The minimum atomic E-state index is -4.00. The molecule has 5 nitrogen and oxygen atoms in total. The summed E-state index contributed by atoms with van der Waals surface area (Å²) in [5.74, 6) is -0.407. The van der Waals surface area contributed by atoms with Crippen molar-refractivity contribution in [3.05, 3.63) is 100 Å². The van der Waals surface area contributed by atoms with Gasteiger partial charge in [0.05, 0.1) is 27.5 Å². The molecule has 0 saturated heterocycles. The zero-order chi connectivity index (χ0) is 22.4. The molecule has 3 aromatic rings. The van der Waals surface area contributed by atoms with Crippen LogP contribution in [0.25, 0.3) is 0 Å². The Bertz CT molecular complexity index is 1140. The van der Waals surface area contributed by atoms with Crippen LogP contribution in [0.2, 0.25) is 10.0 Å². The van der Waals surface area contributed by atoms with E-state index in [2.05, 4.69) is 5.32 Å². The summed E-state index contributed by atoms with van der Waals surface area (Å²) in [6.45, 7) is 1.55. The van der Waals surface area contributed by atoms with Crippen LogP contribution in [0.15, 0.2) is 83.8 Å². The van der Waals surface area contributed by atoms with Crippen molar-refractivity contribution < 1.29 is 13.2 Å². The van der Waals surface area contributed by atoms with Crippen LogP contribution in [-0.4, -0.2) is 25.2 Å². The summed E-state index contributed by atoms with van der Waals surface area (Å²) in [5, 5.41) is 3.25. The molecule has 0 heterocycles. The van der Waals surface area contributed by atoms with Crippen LogP contribution >= 0.6 is 23.2 Å². The number of nitrogens with zero attached hydrogens (tertiary/aromatic N) is 1. The highest BCUT2D eigenvalue weighted by molar-refractivity contribution is 7.89. The molecule has 0 aliphatic carbocycles. The minimum Gasteiger partial charge on any atom is -0.348 e. The van der Waals surface area contributed by atoms with Crippen molar-refractivity contribution in [3.63, 3.8) is 0 Å². The van der Waals surface area contributed by atoms with E-state index in [1.54, 1.807) is 0 Å². The van der Waals surface area contributed by atoms with Gasteiger partial charge in [0.25, 0.3) is 0 Å². The summed E-state index contributed by atoms with van der Waals surface area (Å²) >= 11 is 12.0. The number of amides is 1. The monoisotopic (exact) mass is 476 g/mol. The fraction of sp³-hybridized carbons (Fsp3) is 0.174. The van der Waals surface area contributed by atoms with Gasteiger partial charge in [-0.1, -0.05) is 83.9 Å². The lowest BCUT2D eigenvalue weighted by molar-refractivity contribution is -0.122. The van der Waals surface area contributed by atoms with Crippen molar-refractivity contribution in [2.45, 2.75) is 24.4 Å². The molecule has 0 radical (unpaired) electrons. The van der Waals surface area contributed by atoms with Crippen LogP contribution in [0.4, 0.5) is 0 Å². The average molecular weight is 477 g/mol. The molecule has 1 N–H and O–H groups in total. The third kappa shape index (κ3) is 6.08. The fourth-order valence-electron chi connectivity index (χ4n) is 3.07. The van der Waals surface area contributed by atoms with Gasteiger partial charge in [-0.25, -0.2) is 8.42 Å². The van der Waals surface area contributed by atoms with Crippen molar-refractivity contribution in [2.24, 2.45) is 0 Å². The summed E-state index contributed by atoms with van der Waals surface area (Å²) in [4.78, 5) is 12.7. The number of benzene rings is 3. The number of sulfonamides is 1. The van der Waals surface area contributed by atoms with Gasteiger partial charge < -0.3 is 5.32 Å². The van der Waals surface area contributed by atoms with E-state index in [0.29, 0.717) is 0 Å². The van der Waals surface area contributed by atoms with E-state index in [1.165, 1.54) is 18.2 Å². The smallest absolute Gasteiger partial charge is 0.243 e. The number of rotatable bonds is 8. The van der Waals surface area contributed by atoms with Gasteiger partial charge in [0.2, 0.25) is 15.9 Å². The first-order chi connectivity index (χ1) is 14.8. The Balaban J connectivity index is 1.85. The molecule has 0 spiro atoms. The molecule has 31 heavy (non-hydrogen) atoms. The molecule has 3 rings (SSSR count). The largest absolute Gasteiger partial charge is 0.348 e. The lowest BCUT2D eigenvalue weighted by Gasteiger charge is -2.23. The molecule has 3 aromatic carbocycles. The molecule has 0 bridgehead atoms.